The highest BCUT2D eigenvalue weighted by Crippen LogP contribution is 2.44. The van der Waals surface area contributed by atoms with Crippen LogP contribution in [0.15, 0.2) is 48.5 Å². The summed E-state index contributed by atoms with van der Waals surface area (Å²) in [7, 11) is 0. The van der Waals surface area contributed by atoms with Crippen molar-refractivity contribution in [3.05, 3.63) is 59.7 Å². The van der Waals surface area contributed by atoms with E-state index in [-0.39, 0.29) is 43.9 Å². The van der Waals surface area contributed by atoms with Crippen LogP contribution in [-0.2, 0) is 19.1 Å². The Morgan fingerprint density at radius 2 is 1.59 bits per heavy atom. The number of carboxylic acid groups (broad SMARTS) is 1. The second-order valence-electron chi connectivity index (χ2n) is 7.10. The molecule has 2 amide bonds. The molecule has 8 nitrogen and oxygen atoms in total. The van der Waals surface area contributed by atoms with Gasteiger partial charge in [-0.2, -0.15) is 11.8 Å². The van der Waals surface area contributed by atoms with Gasteiger partial charge in [0.25, 0.3) is 0 Å². The van der Waals surface area contributed by atoms with Gasteiger partial charge in [0, 0.05) is 24.8 Å². The molecule has 0 aromatic heterocycles. The number of nitrogens with one attached hydrogen (secondary N) is 2. The average molecular weight is 459 g/mol. The van der Waals surface area contributed by atoms with Crippen LogP contribution in [0.5, 0.6) is 0 Å². The second kappa shape index (κ2) is 12.1. The second-order valence-corrected chi connectivity index (χ2v) is 8.21. The first kappa shape index (κ1) is 23.6. The fourth-order valence-electron chi connectivity index (χ4n) is 3.51. The summed E-state index contributed by atoms with van der Waals surface area (Å²) in [6.07, 6.45) is -0.479. The van der Waals surface area contributed by atoms with E-state index in [0.717, 1.165) is 11.1 Å². The fourth-order valence-corrected chi connectivity index (χ4v) is 4.19. The van der Waals surface area contributed by atoms with E-state index in [2.05, 4.69) is 34.9 Å². The maximum atomic E-state index is 12.1. The van der Waals surface area contributed by atoms with Gasteiger partial charge in [-0.25, -0.2) is 9.59 Å². The first-order valence-corrected chi connectivity index (χ1v) is 11.4. The monoisotopic (exact) mass is 458 g/mol. The highest BCUT2D eigenvalue weighted by Gasteiger charge is 2.28. The molecule has 1 aliphatic carbocycles. The lowest BCUT2D eigenvalue weighted by atomic mass is 9.98. The highest BCUT2D eigenvalue weighted by molar-refractivity contribution is 7.99. The van der Waals surface area contributed by atoms with Crippen LogP contribution >= 0.6 is 11.8 Å². The molecule has 32 heavy (non-hydrogen) atoms. The molecule has 1 aliphatic rings. The van der Waals surface area contributed by atoms with E-state index in [1.807, 2.05) is 24.3 Å². The number of hydrogen-bond acceptors (Lipinski definition) is 6. The van der Waals surface area contributed by atoms with Crippen LogP contribution in [-0.4, -0.2) is 67.5 Å². The molecule has 3 N–H and O–H groups in total. The predicted octanol–water partition coefficient (Wildman–Crippen LogP) is 2.48. The minimum absolute atomic E-state index is 0.0192. The molecule has 0 saturated heterocycles. The molecule has 0 radical (unpaired) electrons. The molecular formula is C23H26N2O6S. The van der Waals surface area contributed by atoms with E-state index in [9.17, 15) is 14.4 Å². The fraction of sp³-hybridized carbons (Fsp3) is 0.348. The van der Waals surface area contributed by atoms with Crippen molar-refractivity contribution in [1.82, 2.24) is 10.6 Å². The van der Waals surface area contributed by atoms with Gasteiger partial charge in [0.15, 0.2) is 0 Å². The first-order chi connectivity index (χ1) is 15.6. The maximum absolute atomic E-state index is 12.1. The lowest BCUT2D eigenvalue weighted by Gasteiger charge is -2.14. The van der Waals surface area contributed by atoms with Crippen LogP contribution in [0.25, 0.3) is 11.1 Å². The van der Waals surface area contributed by atoms with Crippen molar-refractivity contribution >= 4 is 29.7 Å². The Hall–Kier alpha value is -3.04. The van der Waals surface area contributed by atoms with E-state index in [4.69, 9.17) is 14.6 Å². The average Bonchev–Trinajstić information content (AvgIpc) is 3.11. The summed E-state index contributed by atoms with van der Waals surface area (Å²) in [5.41, 5.74) is 4.69. The van der Waals surface area contributed by atoms with Crippen LogP contribution in [0.3, 0.4) is 0 Å². The van der Waals surface area contributed by atoms with Crippen molar-refractivity contribution in [3.8, 4) is 11.1 Å². The first-order valence-electron chi connectivity index (χ1n) is 10.3. The number of amides is 2. The van der Waals surface area contributed by atoms with Crippen molar-refractivity contribution in [3.63, 3.8) is 0 Å². The Morgan fingerprint density at radius 3 is 2.25 bits per heavy atom. The topological polar surface area (TPSA) is 114 Å². The Bertz CT molecular complexity index is 906. The summed E-state index contributed by atoms with van der Waals surface area (Å²) >= 11 is 1.38. The van der Waals surface area contributed by atoms with Crippen LogP contribution in [0, 0.1) is 0 Å². The third-order valence-corrected chi connectivity index (χ3v) is 5.85. The van der Waals surface area contributed by atoms with Gasteiger partial charge < -0.3 is 25.2 Å². The summed E-state index contributed by atoms with van der Waals surface area (Å²) in [5.74, 6) is -0.394. The minimum Gasteiger partial charge on any atom is -0.480 e. The normalized spacial score (nSPS) is 12.0. The smallest absolute Gasteiger partial charge is 0.407 e. The summed E-state index contributed by atoms with van der Waals surface area (Å²) in [5, 5.41) is 13.8. The summed E-state index contributed by atoms with van der Waals surface area (Å²) < 4.78 is 10.3. The van der Waals surface area contributed by atoms with Gasteiger partial charge in [0.2, 0.25) is 5.91 Å². The zero-order chi connectivity index (χ0) is 22.8. The number of thioether (sulfide) groups is 1. The van der Waals surface area contributed by atoms with E-state index >= 15 is 0 Å². The molecule has 170 valence electrons. The lowest BCUT2D eigenvalue weighted by Crippen LogP contribution is -2.30. The predicted molar refractivity (Wildman–Crippen MR) is 122 cm³/mol. The lowest BCUT2D eigenvalue weighted by molar-refractivity contribution is -0.142. The SMILES string of the molecule is O=C(O)COCCNC(=O)CSCCNC(=O)OCC1c2ccccc2-c2ccccc21. The molecule has 2 aromatic rings. The standard InChI is InChI=1S/C23H26N2O6S/c26-21(24-9-11-30-14-22(27)28)15-32-12-10-25-23(29)31-13-20-18-7-3-1-5-16(18)17-6-2-4-8-19(17)20/h1-8,20H,9-15H2,(H,24,26)(H,25,29)(H,27,28). The number of carbonyl (C=O) groups excluding carboxylic acids is 2. The van der Waals surface area contributed by atoms with Crippen LogP contribution in [0.2, 0.25) is 0 Å². The van der Waals surface area contributed by atoms with Crippen LogP contribution in [0.1, 0.15) is 17.0 Å². The molecule has 2 aromatic carbocycles. The Balaban J connectivity index is 1.30. The molecular weight excluding hydrogens is 432 g/mol. The Kier molecular flexibility index (Phi) is 8.94. The van der Waals surface area contributed by atoms with E-state index in [0.29, 0.717) is 12.3 Å². The summed E-state index contributed by atoms with van der Waals surface area (Å²) in [4.78, 5) is 34.1. The number of alkyl carbamates (subject to hydrolysis) is 1. The minimum atomic E-state index is -1.05. The number of hydrogen-bond donors (Lipinski definition) is 3. The number of rotatable bonds is 12. The molecule has 0 fully saturated rings. The van der Waals surface area contributed by atoms with Gasteiger partial charge >= 0.3 is 12.1 Å². The van der Waals surface area contributed by atoms with Crippen LogP contribution in [0.4, 0.5) is 4.79 Å². The molecule has 0 unspecified atom stereocenters. The van der Waals surface area contributed by atoms with Crippen molar-refractivity contribution in [2.45, 2.75) is 5.92 Å². The Morgan fingerprint density at radius 1 is 0.938 bits per heavy atom. The zero-order valence-corrected chi connectivity index (χ0v) is 18.4. The van der Waals surface area contributed by atoms with Crippen molar-refractivity contribution in [1.29, 1.82) is 0 Å². The van der Waals surface area contributed by atoms with Gasteiger partial charge in [-0.15, -0.1) is 0 Å². The summed E-state index contributed by atoms with van der Waals surface area (Å²) in [6.45, 7) is 0.665. The van der Waals surface area contributed by atoms with Gasteiger partial charge in [0.1, 0.15) is 13.2 Å². The molecule has 0 spiro atoms. The zero-order valence-electron chi connectivity index (χ0n) is 17.5. The third kappa shape index (κ3) is 6.73. The molecule has 9 heteroatoms. The van der Waals surface area contributed by atoms with Crippen molar-refractivity contribution in [2.75, 3.05) is 44.4 Å². The molecule has 0 atom stereocenters. The van der Waals surface area contributed by atoms with E-state index in [1.54, 1.807) is 0 Å². The van der Waals surface area contributed by atoms with Gasteiger partial charge in [-0.05, 0) is 22.3 Å². The van der Waals surface area contributed by atoms with Crippen LogP contribution < -0.4 is 10.6 Å². The number of benzene rings is 2. The molecule has 3 rings (SSSR count). The number of carboxylic acids is 1. The largest absolute Gasteiger partial charge is 0.480 e. The van der Waals surface area contributed by atoms with E-state index < -0.39 is 12.1 Å². The van der Waals surface area contributed by atoms with E-state index in [1.165, 1.54) is 22.9 Å². The number of carbonyl (C=O) groups is 3. The highest BCUT2D eigenvalue weighted by atomic mass is 32.2. The van der Waals surface area contributed by atoms with Gasteiger partial charge in [0.05, 0.1) is 12.4 Å². The molecule has 0 bridgehead atoms. The molecule has 0 saturated carbocycles. The number of ether oxygens (including phenoxy) is 2. The maximum Gasteiger partial charge on any atom is 0.407 e. The quantitative estimate of drug-likeness (QED) is 0.419. The molecule has 0 aliphatic heterocycles. The molecule has 0 heterocycles. The van der Waals surface area contributed by atoms with Gasteiger partial charge in [-0.1, -0.05) is 48.5 Å². The third-order valence-electron chi connectivity index (χ3n) is 4.89. The van der Waals surface area contributed by atoms with Gasteiger partial charge in [-0.3, -0.25) is 4.79 Å². The van der Waals surface area contributed by atoms with Crippen molar-refractivity contribution < 1.29 is 29.0 Å². The number of aliphatic carboxylic acids is 1. The summed E-state index contributed by atoms with van der Waals surface area (Å²) in [6, 6.07) is 16.3. The number of fused-ring (bicyclic) bond motifs is 3. The van der Waals surface area contributed by atoms with Crippen molar-refractivity contribution in [2.24, 2.45) is 0 Å². The Labute approximate surface area is 190 Å².